The lowest BCUT2D eigenvalue weighted by atomic mass is 10.3. The van der Waals surface area contributed by atoms with E-state index in [0.29, 0.717) is 12.3 Å². The van der Waals surface area contributed by atoms with E-state index >= 15 is 0 Å². The van der Waals surface area contributed by atoms with Crippen molar-refractivity contribution >= 4 is 72.7 Å². The molecule has 1 aromatic heterocycles. The van der Waals surface area contributed by atoms with Crippen molar-refractivity contribution < 1.29 is 14.3 Å². The van der Waals surface area contributed by atoms with Crippen molar-refractivity contribution in [3.63, 3.8) is 0 Å². The van der Waals surface area contributed by atoms with Gasteiger partial charge in [-0.2, -0.15) is 0 Å². The van der Waals surface area contributed by atoms with E-state index in [9.17, 15) is 4.79 Å². The average molecular weight is 573 g/mol. The molecule has 1 amide bonds. The maximum Gasteiger partial charge on any atom is 0.239 e. The number of morpholine rings is 1. The molecule has 0 spiro atoms. The molecule has 0 saturated carbocycles. The molecule has 33 heavy (non-hydrogen) atoms. The molecule has 6 nitrogen and oxygen atoms in total. The van der Waals surface area contributed by atoms with Crippen molar-refractivity contribution in [1.82, 2.24) is 9.88 Å². The molecule has 2 aromatic carbocycles. The van der Waals surface area contributed by atoms with Crippen molar-refractivity contribution in [2.45, 2.75) is 11.3 Å². The fourth-order valence-corrected chi connectivity index (χ4v) is 5.84. The van der Waals surface area contributed by atoms with Crippen LogP contribution in [0.2, 0.25) is 0 Å². The number of benzene rings is 2. The molecule has 0 aliphatic carbocycles. The van der Waals surface area contributed by atoms with Crippen molar-refractivity contribution in [1.29, 1.82) is 0 Å². The minimum absolute atomic E-state index is 0. The van der Waals surface area contributed by atoms with E-state index in [1.807, 2.05) is 41.3 Å². The number of rotatable bonds is 9. The second-order valence-corrected chi connectivity index (χ2v) is 10.4. The monoisotopic (exact) mass is 571 g/mol. The maximum atomic E-state index is 13.3. The lowest BCUT2D eigenvalue weighted by molar-refractivity contribution is -0.116. The van der Waals surface area contributed by atoms with Crippen molar-refractivity contribution in [3.05, 3.63) is 46.9 Å². The van der Waals surface area contributed by atoms with E-state index in [4.69, 9.17) is 14.5 Å². The van der Waals surface area contributed by atoms with E-state index in [0.717, 1.165) is 69.7 Å². The first-order chi connectivity index (χ1) is 15.6. The predicted molar refractivity (Wildman–Crippen MR) is 143 cm³/mol. The maximum absolute atomic E-state index is 13.3. The Balaban J connectivity index is 0.00000306. The molecule has 0 bridgehead atoms. The number of thiazole rings is 1. The van der Waals surface area contributed by atoms with Crippen LogP contribution in [0.25, 0.3) is 10.2 Å². The molecule has 1 aliphatic rings. The van der Waals surface area contributed by atoms with Gasteiger partial charge in [0.1, 0.15) is 5.75 Å². The summed E-state index contributed by atoms with van der Waals surface area (Å²) in [4.78, 5) is 23.3. The topological polar surface area (TPSA) is 54.9 Å². The molecule has 10 heteroatoms. The van der Waals surface area contributed by atoms with Gasteiger partial charge in [0.25, 0.3) is 0 Å². The quantitative estimate of drug-likeness (QED) is 0.323. The summed E-state index contributed by atoms with van der Waals surface area (Å²) < 4.78 is 12.7. The molecule has 0 atom stereocenters. The van der Waals surface area contributed by atoms with Crippen LogP contribution in [-0.4, -0.2) is 68.0 Å². The Morgan fingerprint density at radius 1 is 1.24 bits per heavy atom. The number of aromatic nitrogens is 1. The van der Waals surface area contributed by atoms with Gasteiger partial charge in [-0.15, -0.1) is 24.2 Å². The third kappa shape index (κ3) is 7.31. The third-order valence-electron chi connectivity index (χ3n) is 5.25. The van der Waals surface area contributed by atoms with Gasteiger partial charge in [0.05, 0.1) is 36.3 Å². The van der Waals surface area contributed by atoms with Gasteiger partial charge in [-0.3, -0.25) is 14.6 Å². The van der Waals surface area contributed by atoms with E-state index in [1.54, 1.807) is 18.4 Å². The molecule has 0 unspecified atom stereocenters. The van der Waals surface area contributed by atoms with Gasteiger partial charge >= 0.3 is 0 Å². The van der Waals surface area contributed by atoms with Gasteiger partial charge in [-0.1, -0.05) is 27.3 Å². The summed E-state index contributed by atoms with van der Waals surface area (Å²) in [7, 11) is 1.65. The largest absolute Gasteiger partial charge is 0.497 e. The van der Waals surface area contributed by atoms with Crippen LogP contribution >= 0.6 is 51.4 Å². The highest BCUT2D eigenvalue weighted by atomic mass is 79.9. The van der Waals surface area contributed by atoms with E-state index in [-0.39, 0.29) is 18.3 Å². The number of nitrogens with zero attached hydrogens (tertiary/aromatic N) is 3. The van der Waals surface area contributed by atoms with Crippen LogP contribution in [-0.2, 0) is 9.53 Å². The number of amides is 1. The summed E-state index contributed by atoms with van der Waals surface area (Å²) in [6, 6.07) is 13.8. The first-order valence-corrected chi connectivity index (χ1v) is 13.2. The number of anilines is 1. The second kappa shape index (κ2) is 12.9. The molecule has 1 saturated heterocycles. The molecule has 178 valence electrons. The number of halogens is 2. The summed E-state index contributed by atoms with van der Waals surface area (Å²) in [6.07, 6.45) is 0.901. The van der Waals surface area contributed by atoms with E-state index < -0.39 is 0 Å². The number of methoxy groups -OCH3 is 1. The van der Waals surface area contributed by atoms with Gasteiger partial charge in [0, 0.05) is 35.5 Å². The van der Waals surface area contributed by atoms with Crippen LogP contribution in [0.1, 0.15) is 6.42 Å². The highest BCUT2D eigenvalue weighted by Crippen LogP contribution is 2.32. The second-order valence-electron chi connectivity index (χ2n) is 7.43. The highest BCUT2D eigenvalue weighted by Gasteiger charge is 2.21. The van der Waals surface area contributed by atoms with Crippen molar-refractivity contribution in [3.8, 4) is 5.75 Å². The number of ether oxygens (including phenoxy) is 2. The predicted octanol–water partition coefficient (Wildman–Crippen LogP) is 5.34. The van der Waals surface area contributed by atoms with Gasteiger partial charge in [-0.25, -0.2) is 4.98 Å². The summed E-state index contributed by atoms with van der Waals surface area (Å²) in [5.41, 5.74) is 0.919. The molecular weight excluding hydrogens is 546 g/mol. The first kappa shape index (κ1) is 26.2. The zero-order chi connectivity index (χ0) is 22.3. The molecule has 4 rings (SSSR count). The third-order valence-corrected chi connectivity index (χ3v) is 7.78. The number of thioether (sulfide) groups is 1. The SMILES string of the molecule is COc1ccc(SCC(=O)N(CCCN2CCOCC2)c2nc3ccc(Br)cc3s2)cc1.Cl. The Hall–Kier alpha value is -1.36. The summed E-state index contributed by atoms with van der Waals surface area (Å²) in [5, 5.41) is 0.764. The minimum Gasteiger partial charge on any atom is -0.497 e. The molecule has 1 fully saturated rings. The Kier molecular flexibility index (Phi) is 10.3. The van der Waals surface area contributed by atoms with Gasteiger partial charge < -0.3 is 9.47 Å². The Bertz CT molecular complexity index is 1050. The molecule has 3 aromatic rings. The van der Waals surface area contributed by atoms with Crippen molar-refractivity contribution in [2.75, 3.05) is 57.2 Å². The van der Waals surface area contributed by atoms with Crippen molar-refractivity contribution in [2.24, 2.45) is 0 Å². The fraction of sp³-hybridized carbons (Fsp3) is 0.391. The van der Waals surface area contributed by atoms with Gasteiger partial charge in [0.2, 0.25) is 5.91 Å². The zero-order valence-corrected chi connectivity index (χ0v) is 22.4. The van der Waals surface area contributed by atoms with Crippen LogP contribution in [0.3, 0.4) is 0 Å². The fourth-order valence-electron chi connectivity index (χ4n) is 3.50. The molecular formula is C23H27BrClN3O3S2. The lowest BCUT2D eigenvalue weighted by Crippen LogP contribution is -2.39. The summed E-state index contributed by atoms with van der Waals surface area (Å²) in [5.74, 6) is 1.25. The Morgan fingerprint density at radius 2 is 2.00 bits per heavy atom. The summed E-state index contributed by atoms with van der Waals surface area (Å²) in [6.45, 7) is 5.09. The van der Waals surface area contributed by atoms with Crippen LogP contribution in [0, 0.1) is 0 Å². The number of hydrogen-bond donors (Lipinski definition) is 0. The molecule has 2 heterocycles. The smallest absolute Gasteiger partial charge is 0.239 e. The zero-order valence-electron chi connectivity index (χ0n) is 18.4. The first-order valence-electron chi connectivity index (χ1n) is 10.6. The normalized spacial score (nSPS) is 14.1. The number of carbonyl (C=O) groups is 1. The highest BCUT2D eigenvalue weighted by molar-refractivity contribution is 9.10. The lowest BCUT2D eigenvalue weighted by Gasteiger charge is -2.27. The van der Waals surface area contributed by atoms with Gasteiger partial charge in [0.15, 0.2) is 5.13 Å². The molecule has 0 radical (unpaired) electrons. The van der Waals surface area contributed by atoms with Gasteiger partial charge in [-0.05, 0) is 48.9 Å². The number of hydrogen-bond acceptors (Lipinski definition) is 7. The molecule has 0 N–H and O–H groups in total. The Labute approximate surface area is 217 Å². The van der Waals surface area contributed by atoms with Crippen LogP contribution < -0.4 is 9.64 Å². The Morgan fingerprint density at radius 3 is 2.73 bits per heavy atom. The van der Waals surface area contributed by atoms with Crippen LogP contribution in [0.4, 0.5) is 5.13 Å². The number of fused-ring (bicyclic) bond motifs is 1. The number of carbonyl (C=O) groups excluding carboxylic acids is 1. The molecule has 1 aliphatic heterocycles. The van der Waals surface area contributed by atoms with Crippen LogP contribution in [0.15, 0.2) is 51.8 Å². The average Bonchev–Trinajstić information content (AvgIpc) is 3.24. The summed E-state index contributed by atoms with van der Waals surface area (Å²) >= 11 is 6.63. The van der Waals surface area contributed by atoms with E-state index in [1.165, 1.54) is 11.8 Å². The standard InChI is InChI=1S/C23H26BrN3O3S2.ClH/c1-29-18-4-6-19(7-5-18)31-16-22(28)27(10-2-9-26-11-13-30-14-12-26)23-25-20-8-3-17(24)15-21(20)32-23;/h3-8,15H,2,9-14,16H2,1H3;1H. The minimum atomic E-state index is 0. The van der Waals surface area contributed by atoms with E-state index in [2.05, 4.69) is 26.9 Å². The van der Waals surface area contributed by atoms with Crippen LogP contribution in [0.5, 0.6) is 5.75 Å².